The number of nitro benzene ring substituents is 2. The minimum Gasteiger partial charge on any atom is -0.465 e. The van der Waals surface area contributed by atoms with Crippen molar-refractivity contribution in [3.05, 3.63) is 50.8 Å². The second-order valence-corrected chi connectivity index (χ2v) is 5.68. The fourth-order valence-electron chi connectivity index (χ4n) is 2.67. The largest absolute Gasteiger partial charge is 0.465 e. The van der Waals surface area contributed by atoms with Crippen molar-refractivity contribution in [2.75, 3.05) is 12.0 Å². The van der Waals surface area contributed by atoms with Crippen LogP contribution in [0.15, 0.2) is 30.6 Å². The Bertz CT molecular complexity index is 737. The van der Waals surface area contributed by atoms with Gasteiger partial charge in [-0.15, -0.1) is 0 Å². The van der Waals surface area contributed by atoms with E-state index >= 15 is 0 Å². The van der Waals surface area contributed by atoms with Gasteiger partial charge in [0.05, 0.1) is 16.5 Å². The molecule has 0 saturated heterocycles. The summed E-state index contributed by atoms with van der Waals surface area (Å²) in [6.07, 6.45) is 4.06. The van der Waals surface area contributed by atoms with Crippen molar-refractivity contribution in [2.24, 2.45) is 0 Å². The molecule has 1 atom stereocenters. The molecule has 140 valence electrons. The lowest BCUT2D eigenvalue weighted by atomic mass is 10.2. The fraction of sp³-hybridized carbons (Fsp3) is 0.400. The lowest BCUT2D eigenvalue weighted by Gasteiger charge is -2.30. The molecular formula is C15H19N5O6. The minimum absolute atomic E-state index is 0.198. The number of unbranched alkanes of at least 4 members (excludes halogenated alkanes) is 1. The van der Waals surface area contributed by atoms with E-state index in [1.54, 1.807) is 11.1 Å². The second kappa shape index (κ2) is 8.14. The SMILES string of the molecule is CCCCC1N(CNc2ccc([N+](=O)[O-])c([N+](=O)[O-])c2)C=CN1C(=O)O. The summed E-state index contributed by atoms with van der Waals surface area (Å²) in [6, 6.07) is 3.53. The lowest BCUT2D eigenvalue weighted by molar-refractivity contribution is -0.422. The maximum absolute atomic E-state index is 11.3. The predicted molar refractivity (Wildman–Crippen MR) is 92.4 cm³/mol. The molecule has 1 amide bonds. The zero-order valence-corrected chi connectivity index (χ0v) is 14.1. The summed E-state index contributed by atoms with van der Waals surface area (Å²) < 4.78 is 0. The van der Waals surface area contributed by atoms with Crippen molar-refractivity contribution in [1.29, 1.82) is 0 Å². The summed E-state index contributed by atoms with van der Waals surface area (Å²) in [7, 11) is 0. The highest BCUT2D eigenvalue weighted by molar-refractivity contribution is 5.67. The number of anilines is 1. The second-order valence-electron chi connectivity index (χ2n) is 5.68. The fourth-order valence-corrected chi connectivity index (χ4v) is 2.67. The van der Waals surface area contributed by atoms with E-state index in [4.69, 9.17) is 0 Å². The van der Waals surface area contributed by atoms with Gasteiger partial charge < -0.3 is 15.3 Å². The smallest absolute Gasteiger partial charge is 0.413 e. The highest BCUT2D eigenvalue weighted by Crippen LogP contribution is 2.30. The van der Waals surface area contributed by atoms with Gasteiger partial charge in [0, 0.05) is 30.2 Å². The first-order valence-electron chi connectivity index (χ1n) is 7.97. The van der Waals surface area contributed by atoms with Crippen molar-refractivity contribution in [3.63, 3.8) is 0 Å². The molecule has 2 rings (SSSR count). The first kappa shape index (κ1) is 19.0. The Morgan fingerprint density at radius 2 is 1.92 bits per heavy atom. The average molecular weight is 365 g/mol. The van der Waals surface area contributed by atoms with E-state index in [0.717, 1.165) is 25.0 Å². The van der Waals surface area contributed by atoms with E-state index in [-0.39, 0.29) is 12.8 Å². The van der Waals surface area contributed by atoms with Crippen LogP contribution in [0.5, 0.6) is 0 Å². The summed E-state index contributed by atoms with van der Waals surface area (Å²) in [4.78, 5) is 34.5. The van der Waals surface area contributed by atoms with Crippen LogP contribution in [0.2, 0.25) is 0 Å². The topological polar surface area (TPSA) is 142 Å². The van der Waals surface area contributed by atoms with Crippen LogP contribution in [-0.4, -0.2) is 43.7 Å². The Morgan fingerprint density at radius 1 is 1.23 bits per heavy atom. The van der Waals surface area contributed by atoms with Crippen LogP contribution in [0.1, 0.15) is 26.2 Å². The average Bonchev–Trinajstić information content (AvgIpc) is 3.00. The summed E-state index contributed by atoms with van der Waals surface area (Å²) in [6.45, 7) is 2.20. The van der Waals surface area contributed by atoms with Gasteiger partial charge in [-0.25, -0.2) is 4.79 Å². The maximum Gasteiger partial charge on any atom is 0.413 e. The molecule has 1 unspecified atom stereocenters. The molecule has 0 spiro atoms. The Morgan fingerprint density at radius 3 is 2.50 bits per heavy atom. The quantitative estimate of drug-likeness (QED) is 0.528. The van der Waals surface area contributed by atoms with Gasteiger partial charge in [-0.2, -0.15) is 0 Å². The molecule has 11 heteroatoms. The Hall–Kier alpha value is -3.37. The molecule has 1 heterocycles. The van der Waals surface area contributed by atoms with E-state index < -0.39 is 27.3 Å². The molecule has 0 aromatic heterocycles. The molecule has 0 radical (unpaired) electrons. The number of rotatable bonds is 8. The highest BCUT2D eigenvalue weighted by atomic mass is 16.6. The predicted octanol–water partition coefficient (Wildman–Crippen LogP) is 3.16. The van der Waals surface area contributed by atoms with E-state index in [1.165, 1.54) is 17.2 Å². The van der Waals surface area contributed by atoms with E-state index in [0.29, 0.717) is 12.1 Å². The number of nitrogens with zero attached hydrogens (tertiary/aromatic N) is 4. The van der Waals surface area contributed by atoms with Crippen LogP contribution in [-0.2, 0) is 0 Å². The molecule has 26 heavy (non-hydrogen) atoms. The normalized spacial score (nSPS) is 16.0. The van der Waals surface area contributed by atoms with Crippen molar-refractivity contribution in [2.45, 2.75) is 32.4 Å². The molecule has 1 aliphatic rings. The van der Waals surface area contributed by atoms with Gasteiger partial charge in [0.25, 0.3) is 0 Å². The van der Waals surface area contributed by atoms with E-state index in [9.17, 15) is 30.1 Å². The zero-order valence-electron chi connectivity index (χ0n) is 14.1. The molecule has 0 saturated carbocycles. The Labute approximate surface area is 148 Å². The third kappa shape index (κ3) is 4.18. The van der Waals surface area contributed by atoms with E-state index in [2.05, 4.69) is 5.32 Å². The first-order chi connectivity index (χ1) is 12.3. The highest BCUT2D eigenvalue weighted by Gasteiger charge is 2.30. The van der Waals surface area contributed by atoms with Gasteiger partial charge in [-0.3, -0.25) is 25.1 Å². The monoisotopic (exact) mass is 365 g/mol. The third-order valence-electron chi connectivity index (χ3n) is 3.99. The summed E-state index contributed by atoms with van der Waals surface area (Å²) in [5.41, 5.74) is -0.857. The summed E-state index contributed by atoms with van der Waals surface area (Å²) >= 11 is 0. The molecule has 0 fully saturated rings. The van der Waals surface area contributed by atoms with Crippen molar-refractivity contribution >= 4 is 23.2 Å². The van der Waals surface area contributed by atoms with Crippen LogP contribution < -0.4 is 5.32 Å². The molecule has 11 nitrogen and oxygen atoms in total. The lowest BCUT2D eigenvalue weighted by Crippen LogP contribution is -2.42. The third-order valence-corrected chi connectivity index (χ3v) is 3.99. The number of amides is 1. The van der Waals surface area contributed by atoms with Crippen LogP contribution in [0.4, 0.5) is 21.9 Å². The molecule has 1 aromatic rings. The number of hydrogen-bond acceptors (Lipinski definition) is 7. The maximum atomic E-state index is 11.3. The number of nitrogens with one attached hydrogen (secondary N) is 1. The number of benzene rings is 1. The summed E-state index contributed by atoms with van der Waals surface area (Å²) in [5.74, 6) is 0. The molecule has 0 bridgehead atoms. The van der Waals surface area contributed by atoms with Gasteiger partial charge in [-0.1, -0.05) is 13.3 Å². The van der Waals surface area contributed by atoms with Crippen LogP contribution in [0, 0.1) is 20.2 Å². The molecule has 1 aromatic carbocycles. The van der Waals surface area contributed by atoms with Gasteiger partial charge in [-0.05, 0) is 18.9 Å². The number of carbonyl (C=O) groups is 1. The first-order valence-corrected chi connectivity index (χ1v) is 7.97. The van der Waals surface area contributed by atoms with Gasteiger partial charge in [0.15, 0.2) is 0 Å². The summed E-state index contributed by atoms with van der Waals surface area (Å²) in [5, 5.41) is 34.1. The number of carboxylic acid groups (broad SMARTS) is 1. The molecule has 0 aliphatic carbocycles. The van der Waals surface area contributed by atoms with Crippen molar-refractivity contribution in [3.8, 4) is 0 Å². The zero-order chi connectivity index (χ0) is 19.3. The minimum atomic E-state index is -1.06. The Kier molecular flexibility index (Phi) is 5.94. The van der Waals surface area contributed by atoms with Gasteiger partial charge in [0.1, 0.15) is 6.17 Å². The molecule has 1 aliphatic heterocycles. The van der Waals surface area contributed by atoms with Crippen LogP contribution >= 0.6 is 0 Å². The number of nitro groups is 2. The standard InChI is InChI=1S/C15H19N5O6/c1-2-3-4-14-17(7-8-18(14)15(21)22)10-16-11-5-6-12(19(23)24)13(9-11)20(25)26/h5-9,14,16H,2-4,10H2,1H3,(H,21,22). The molecule has 2 N–H and O–H groups in total. The van der Waals surface area contributed by atoms with Gasteiger partial charge >= 0.3 is 17.5 Å². The number of hydrogen-bond donors (Lipinski definition) is 2. The van der Waals surface area contributed by atoms with Gasteiger partial charge in [0.2, 0.25) is 0 Å². The van der Waals surface area contributed by atoms with Crippen molar-refractivity contribution < 1.29 is 19.7 Å². The van der Waals surface area contributed by atoms with Crippen molar-refractivity contribution in [1.82, 2.24) is 9.80 Å². The van der Waals surface area contributed by atoms with Crippen LogP contribution in [0.25, 0.3) is 0 Å². The Balaban J connectivity index is 2.11. The van der Waals surface area contributed by atoms with E-state index in [1.807, 2.05) is 6.92 Å². The van der Waals surface area contributed by atoms with Crippen LogP contribution in [0.3, 0.4) is 0 Å². The molecular weight excluding hydrogens is 346 g/mol.